The van der Waals surface area contributed by atoms with Crippen LogP contribution in [-0.2, 0) is 10.0 Å². The van der Waals surface area contributed by atoms with Gasteiger partial charge in [0, 0.05) is 6.04 Å². The minimum Gasteiger partial charge on any atom is -0.323 e. The number of benzene rings is 1. The van der Waals surface area contributed by atoms with E-state index in [0.29, 0.717) is 5.69 Å². The molecule has 0 spiro atoms. The second-order valence-corrected chi connectivity index (χ2v) is 6.34. The van der Waals surface area contributed by atoms with Crippen LogP contribution in [0, 0.1) is 0 Å². The first-order chi connectivity index (χ1) is 9.01. The molecule has 0 aromatic heterocycles. The average molecular weight is 285 g/mol. The Balaban J connectivity index is 2.75. The monoisotopic (exact) mass is 285 g/mol. The molecular formula is C13H23N3O2S. The Bertz CT molecular complexity index is 488. The normalized spacial score (nSPS) is 13.2. The third kappa shape index (κ3) is 4.81. The fourth-order valence-corrected chi connectivity index (χ4v) is 3.36. The molecule has 0 aliphatic carbocycles. The summed E-state index contributed by atoms with van der Waals surface area (Å²) in [5, 5.41) is 0. The summed E-state index contributed by atoms with van der Waals surface area (Å²) in [4.78, 5) is 0.180. The number of unbranched alkanes of at least 4 members (excludes halogenated alkanes) is 2. The van der Waals surface area contributed by atoms with Crippen LogP contribution >= 0.6 is 0 Å². The highest BCUT2D eigenvalue weighted by atomic mass is 32.2. The smallest absolute Gasteiger partial charge is 0.242 e. The maximum atomic E-state index is 12.2. The van der Waals surface area contributed by atoms with E-state index in [9.17, 15) is 8.42 Å². The van der Waals surface area contributed by atoms with Crippen molar-refractivity contribution in [2.45, 2.75) is 50.5 Å². The maximum Gasteiger partial charge on any atom is 0.242 e. The molecule has 1 aromatic rings. The zero-order valence-corrected chi connectivity index (χ0v) is 12.3. The lowest BCUT2D eigenvalue weighted by Crippen LogP contribution is -2.33. The molecule has 108 valence electrons. The van der Waals surface area contributed by atoms with Crippen molar-refractivity contribution in [3.8, 4) is 0 Å². The lowest BCUT2D eigenvalue weighted by Gasteiger charge is -2.15. The number of hydrazine groups is 1. The fraction of sp³-hybridized carbons (Fsp3) is 0.538. The summed E-state index contributed by atoms with van der Waals surface area (Å²) in [6.07, 6.45) is 4.11. The molecule has 5 nitrogen and oxygen atoms in total. The summed E-state index contributed by atoms with van der Waals surface area (Å²) in [6, 6.07) is 6.50. The van der Waals surface area contributed by atoms with Gasteiger partial charge in [-0.1, -0.05) is 38.3 Å². The van der Waals surface area contributed by atoms with Crippen molar-refractivity contribution in [3.63, 3.8) is 0 Å². The first-order valence-corrected chi connectivity index (χ1v) is 8.07. The van der Waals surface area contributed by atoms with E-state index in [0.717, 1.165) is 25.7 Å². The zero-order valence-electron chi connectivity index (χ0n) is 11.5. The predicted octanol–water partition coefficient (Wildman–Crippen LogP) is 2.22. The van der Waals surface area contributed by atoms with E-state index in [2.05, 4.69) is 17.1 Å². The van der Waals surface area contributed by atoms with Crippen LogP contribution in [0.25, 0.3) is 0 Å². The molecule has 0 bridgehead atoms. The number of nitrogens with one attached hydrogen (secondary N) is 2. The molecule has 0 fully saturated rings. The number of anilines is 1. The fourth-order valence-electron chi connectivity index (χ4n) is 1.91. The molecule has 0 aliphatic heterocycles. The molecule has 4 N–H and O–H groups in total. The summed E-state index contributed by atoms with van der Waals surface area (Å²) in [5.41, 5.74) is 2.81. The summed E-state index contributed by atoms with van der Waals surface area (Å²) >= 11 is 0. The van der Waals surface area contributed by atoms with Crippen molar-refractivity contribution < 1.29 is 8.42 Å². The molecule has 0 heterocycles. The Kier molecular flexibility index (Phi) is 6.27. The van der Waals surface area contributed by atoms with Crippen molar-refractivity contribution in [2.75, 3.05) is 5.43 Å². The molecule has 0 saturated heterocycles. The van der Waals surface area contributed by atoms with Crippen LogP contribution in [0.4, 0.5) is 5.69 Å². The first kappa shape index (κ1) is 15.9. The van der Waals surface area contributed by atoms with E-state index in [1.165, 1.54) is 6.07 Å². The molecular weight excluding hydrogens is 262 g/mol. The largest absolute Gasteiger partial charge is 0.323 e. The maximum absolute atomic E-state index is 12.2. The van der Waals surface area contributed by atoms with Crippen LogP contribution in [-0.4, -0.2) is 14.5 Å². The number of hydrogen-bond donors (Lipinski definition) is 3. The van der Waals surface area contributed by atoms with Gasteiger partial charge in [0.05, 0.1) is 5.69 Å². The molecule has 1 aromatic carbocycles. The predicted molar refractivity (Wildman–Crippen MR) is 78.2 cm³/mol. The number of rotatable bonds is 8. The van der Waals surface area contributed by atoms with Crippen molar-refractivity contribution in [1.82, 2.24) is 4.72 Å². The van der Waals surface area contributed by atoms with Crippen molar-refractivity contribution >= 4 is 15.7 Å². The molecule has 19 heavy (non-hydrogen) atoms. The molecule has 1 rings (SSSR count). The van der Waals surface area contributed by atoms with Crippen LogP contribution in [0.15, 0.2) is 29.2 Å². The number of hydrogen-bond acceptors (Lipinski definition) is 4. The Morgan fingerprint density at radius 1 is 1.26 bits per heavy atom. The van der Waals surface area contributed by atoms with E-state index in [4.69, 9.17) is 5.84 Å². The van der Waals surface area contributed by atoms with E-state index < -0.39 is 10.0 Å². The Morgan fingerprint density at radius 3 is 2.58 bits per heavy atom. The van der Waals surface area contributed by atoms with Gasteiger partial charge in [-0.05, 0) is 25.5 Å². The summed E-state index contributed by atoms with van der Waals surface area (Å²) in [6.45, 7) is 4.00. The Hall–Kier alpha value is -1.11. The number of para-hydroxylation sites is 1. The quantitative estimate of drug-likeness (QED) is 0.388. The van der Waals surface area contributed by atoms with E-state index in [1.54, 1.807) is 18.2 Å². The second kappa shape index (κ2) is 7.47. The molecule has 1 atom stereocenters. The SMILES string of the molecule is CCCCCC(C)NS(=O)(=O)c1ccccc1NN. The van der Waals surface area contributed by atoms with Crippen LogP contribution in [0.3, 0.4) is 0 Å². The Labute approximate surface area is 115 Å². The van der Waals surface area contributed by atoms with Gasteiger partial charge in [0.2, 0.25) is 10.0 Å². The van der Waals surface area contributed by atoms with Gasteiger partial charge in [0.15, 0.2) is 0 Å². The zero-order chi connectivity index (χ0) is 14.3. The van der Waals surface area contributed by atoms with E-state index in [1.807, 2.05) is 6.92 Å². The average Bonchev–Trinajstić information content (AvgIpc) is 2.38. The second-order valence-electron chi connectivity index (χ2n) is 4.66. The van der Waals surface area contributed by atoms with E-state index in [-0.39, 0.29) is 10.9 Å². The molecule has 0 aliphatic rings. The van der Waals surface area contributed by atoms with Crippen LogP contribution < -0.4 is 16.0 Å². The molecule has 0 saturated carbocycles. The molecule has 6 heteroatoms. The molecule has 0 radical (unpaired) electrons. The summed E-state index contributed by atoms with van der Waals surface area (Å²) in [7, 11) is -3.53. The highest BCUT2D eigenvalue weighted by Crippen LogP contribution is 2.20. The summed E-state index contributed by atoms with van der Waals surface area (Å²) < 4.78 is 27.2. The van der Waals surface area contributed by atoms with Gasteiger partial charge < -0.3 is 5.43 Å². The topological polar surface area (TPSA) is 84.2 Å². The van der Waals surface area contributed by atoms with Gasteiger partial charge in [0.1, 0.15) is 4.90 Å². The first-order valence-electron chi connectivity index (χ1n) is 6.59. The third-order valence-corrected chi connectivity index (χ3v) is 4.58. The van der Waals surface area contributed by atoms with Crippen LogP contribution in [0.1, 0.15) is 39.5 Å². The van der Waals surface area contributed by atoms with Crippen molar-refractivity contribution in [2.24, 2.45) is 5.84 Å². The standard InChI is InChI=1S/C13H23N3O2S/c1-3-4-5-8-11(2)16-19(17,18)13-10-7-6-9-12(13)15-14/h6-7,9-11,15-16H,3-5,8,14H2,1-2H3. The van der Waals surface area contributed by atoms with Crippen LogP contribution in [0.5, 0.6) is 0 Å². The Morgan fingerprint density at radius 2 is 1.95 bits per heavy atom. The van der Waals surface area contributed by atoms with Gasteiger partial charge in [-0.25, -0.2) is 13.1 Å². The lowest BCUT2D eigenvalue weighted by molar-refractivity contribution is 0.527. The van der Waals surface area contributed by atoms with Crippen molar-refractivity contribution in [1.29, 1.82) is 0 Å². The van der Waals surface area contributed by atoms with Gasteiger partial charge in [-0.3, -0.25) is 5.84 Å². The number of nitrogens with two attached hydrogens (primary N) is 1. The van der Waals surface area contributed by atoms with Crippen LogP contribution in [0.2, 0.25) is 0 Å². The summed E-state index contributed by atoms with van der Waals surface area (Å²) in [5.74, 6) is 5.33. The number of sulfonamides is 1. The highest BCUT2D eigenvalue weighted by molar-refractivity contribution is 7.89. The molecule has 0 amide bonds. The van der Waals surface area contributed by atoms with Gasteiger partial charge >= 0.3 is 0 Å². The van der Waals surface area contributed by atoms with E-state index >= 15 is 0 Å². The molecule has 1 unspecified atom stereocenters. The third-order valence-electron chi connectivity index (χ3n) is 2.93. The van der Waals surface area contributed by atoms with Gasteiger partial charge in [0.25, 0.3) is 0 Å². The van der Waals surface area contributed by atoms with Gasteiger partial charge in [-0.15, -0.1) is 0 Å². The number of nitrogen functional groups attached to an aromatic ring is 1. The minimum atomic E-state index is -3.53. The highest BCUT2D eigenvalue weighted by Gasteiger charge is 2.19. The van der Waals surface area contributed by atoms with Crippen molar-refractivity contribution in [3.05, 3.63) is 24.3 Å². The minimum absolute atomic E-state index is 0.0811. The lowest BCUT2D eigenvalue weighted by atomic mass is 10.1. The van der Waals surface area contributed by atoms with Gasteiger partial charge in [-0.2, -0.15) is 0 Å².